The van der Waals surface area contributed by atoms with Crippen molar-refractivity contribution in [1.82, 2.24) is 4.90 Å². The second kappa shape index (κ2) is 5.13. The molecule has 0 aromatic carbocycles. The molecule has 0 aliphatic carbocycles. The maximum absolute atomic E-state index is 10.9. The van der Waals surface area contributed by atoms with Crippen molar-refractivity contribution in [3.63, 3.8) is 0 Å². The number of carbonyl (C=O) groups excluding carboxylic acids is 1. The Morgan fingerprint density at radius 3 is 2.45 bits per heavy atom. The van der Waals surface area contributed by atoms with Crippen LogP contribution >= 0.6 is 0 Å². The largest absolute Gasteiger partial charge is 0.469 e. The SMILES string of the molecule is COC(=O)C(C)CCN(C)C. The van der Waals surface area contributed by atoms with Gasteiger partial charge in [0.25, 0.3) is 0 Å². The molecule has 0 aliphatic heterocycles. The zero-order valence-corrected chi connectivity index (χ0v) is 7.76. The predicted molar refractivity (Wildman–Crippen MR) is 44.4 cm³/mol. The Balaban J connectivity index is 3.52. The van der Waals surface area contributed by atoms with Crippen molar-refractivity contribution < 1.29 is 9.53 Å². The highest BCUT2D eigenvalue weighted by atomic mass is 16.5. The van der Waals surface area contributed by atoms with Crippen LogP contribution in [-0.4, -0.2) is 38.6 Å². The van der Waals surface area contributed by atoms with Crippen molar-refractivity contribution in [3.8, 4) is 0 Å². The molecule has 0 radical (unpaired) electrons. The van der Waals surface area contributed by atoms with Gasteiger partial charge < -0.3 is 9.64 Å². The Hall–Kier alpha value is -0.570. The molecule has 0 fully saturated rings. The minimum atomic E-state index is -0.119. The number of esters is 1. The maximum Gasteiger partial charge on any atom is 0.308 e. The maximum atomic E-state index is 10.9. The minimum Gasteiger partial charge on any atom is -0.469 e. The number of rotatable bonds is 4. The third-order valence-corrected chi connectivity index (χ3v) is 1.61. The summed E-state index contributed by atoms with van der Waals surface area (Å²) in [5.74, 6) is -0.103. The fourth-order valence-electron chi connectivity index (χ4n) is 0.771. The zero-order chi connectivity index (χ0) is 8.85. The van der Waals surface area contributed by atoms with Crippen molar-refractivity contribution in [2.75, 3.05) is 27.7 Å². The molecule has 0 saturated heterocycles. The van der Waals surface area contributed by atoms with Crippen LogP contribution in [0.2, 0.25) is 0 Å². The second-order valence-electron chi connectivity index (χ2n) is 3.02. The van der Waals surface area contributed by atoms with Gasteiger partial charge in [-0.15, -0.1) is 0 Å². The van der Waals surface area contributed by atoms with Crippen LogP contribution < -0.4 is 0 Å². The Morgan fingerprint density at radius 2 is 2.09 bits per heavy atom. The minimum absolute atomic E-state index is 0.0161. The molecule has 1 unspecified atom stereocenters. The van der Waals surface area contributed by atoms with Crippen LogP contribution in [0.1, 0.15) is 13.3 Å². The number of hydrogen-bond acceptors (Lipinski definition) is 3. The fraction of sp³-hybridized carbons (Fsp3) is 0.875. The molecule has 0 aromatic rings. The van der Waals surface area contributed by atoms with Crippen LogP contribution in [0.25, 0.3) is 0 Å². The topological polar surface area (TPSA) is 29.5 Å². The first kappa shape index (κ1) is 10.4. The lowest BCUT2D eigenvalue weighted by Crippen LogP contribution is -2.20. The summed E-state index contributed by atoms with van der Waals surface area (Å²) < 4.78 is 4.59. The third-order valence-electron chi connectivity index (χ3n) is 1.61. The van der Waals surface area contributed by atoms with Gasteiger partial charge in [0, 0.05) is 0 Å². The van der Waals surface area contributed by atoms with E-state index in [0.29, 0.717) is 0 Å². The molecule has 0 amide bonds. The Bertz CT molecular complexity index is 123. The van der Waals surface area contributed by atoms with Crippen molar-refractivity contribution in [2.24, 2.45) is 5.92 Å². The fourth-order valence-corrected chi connectivity index (χ4v) is 0.771. The first-order valence-electron chi connectivity index (χ1n) is 3.80. The van der Waals surface area contributed by atoms with Crippen LogP contribution in [-0.2, 0) is 9.53 Å². The van der Waals surface area contributed by atoms with Gasteiger partial charge in [0.15, 0.2) is 0 Å². The molecular formula is C8H17NO2. The van der Waals surface area contributed by atoms with Gasteiger partial charge in [-0.05, 0) is 27.1 Å². The van der Waals surface area contributed by atoms with E-state index in [4.69, 9.17) is 0 Å². The quantitative estimate of drug-likeness (QED) is 0.567. The lowest BCUT2D eigenvalue weighted by atomic mass is 10.1. The van der Waals surface area contributed by atoms with Crippen LogP contribution in [0.4, 0.5) is 0 Å². The first-order valence-corrected chi connectivity index (χ1v) is 3.80. The number of hydrogen-bond donors (Lipinski definition) is 0. The monoisotopic (exact) mass is 159 g/mol. The lowest BCUT2D eigenvalue weighted by Gasteiger charge is -2.12. The van der Waals surface area contributed by atoms with Gasteiger partial charge in [-0.2, -0.15) is 0 Å². The summed E-state index contributed by atoms with van der Waals surface area (Å²) in [5.41, 5.74) is 0. The molecule has 0 aliphatic rings. The van der Waals surface area contributed by atoms with E-state index in [0.717, 1.165) is 13.0 Å². The van der Waals surface area contributed by atoms with E-state index in [9.17, 15) is 4.79 Å². The molecule has 0 bridgehead atoms. The van der Waals surface area contributed by atoms with Gasteiger partial charge in [0.2, 0.25) is 0 Å². The zero-order valence-electron chi connectivity index (χ0n) is 7.76. The Labute approximate surface area is 68.3 Å². The average molecular weight is 159 g/mol. The van der Waals surface area contributed by atoms with Gasteiger partial charge in [0.05, 0.1) is 13.0 Å². The average Bonchev–Trinajstić information content (AvgIpc) is 1.98. The van der Waals surface area contributed by atoms with E-state index in [1.54, 1.807) is 0 Å². The summed E-state index contributed by atoms with van der Waals surface area (Å²) in [6.45, 7) is 2.81. The number of nitrogens with zero attached hydrogens (tertiary/aromatic N) is 1. The van der Waals surface area contributed by atoms with Crippen LogP contribution in [0.5, 0.6) is 0 Å². The van der Waals surface area contributed by atoms with Crippen LogP contribution in [0, 0.1) is 5.92 Å². The molecular weight excluding hydrogens is 142 g/mol. The third kappa shape index (κ3) is 4.79. The van der Waals surface area contributed by atoms with Gasteiger partial charge in [0.1, 0.15) is 0 Å². The Kier molecular flexibility index (Phi) is 4.86. The van der Waals surface area contributed by atoms with E-state index in [1.807, 2.05) is 21.0 Å². The molecule has 0 rings (SSSR count). The highest BCUT2D eigenvalue weighted by molar-refractivity contribution is 5.71. The smallest absolute Gasteiger partial charge is 0.308 e. The molecule has 3 heteroatoms. The summed E-state index contributed by atoms with van der Waals surface area (Å²) in [5, 5.41) is 0. The van der Waals surface area contributed by atoms with Crippen molar-refractivity contribution in [1.29, 1.82) is 0 Å². The van der Waals surface area contributed by atoms with Gasteiger partial charge in [-0.1, -0.05) is 6.92 Å². The van der Waals surface area contributed by atoms with E-state index >= 15 is 0 Å². The molecule has 1 atom stereocenters. The first-order chi connectivity index (χ1) is 5.07. The number of methoxy groups -OCH3 is 1. The van der Waals surface area contributed by atoms with Gasteiger partial charge >= 0.3 is 5.97 Å². The standard InChI is InChI=1S/C8H17NO2/c1-7(8(10)11-4)5-6-9(2)3/h7H,5-6H2,1-4H3. The number of ether oxygens (including phenoxy) is 1. The summed E-state index contributed by atoms with van der Waals surface area (Å²) in [6, 6.07) is 0. The molecule has 0 aromatic heterocycles. The highest BCUT2D eigenvalue weighted by Crippen LogP contribution is 2.03. The van der Waals surface area contributed by atoms with Crippen molar-refractivity contribution in [2.45, 2.75) is 13.3 Å². The molecule has 66 valence electrons. The lowest BCUT2D eigenvalue weighted by molar-refractivity contribution is -0.145. The Morgan fingerprint density at radius 1 is 1.55 bits per heavy atom. The van der Waals surface area contributed by atoms with E-state index in [2.05, 4.69) is 9.64 Å². The second-order valence-corrected chi connectivity index (χ2v) is 3.02. The van der Waals surface area contributed by atoms with Gasteiger partial charge in [-0.25, -0.2) is 0 Å². The van der Waals surface area contributed by atoms with Crippen LogP contribution in [0.15, 0.2) is 0 Å². The van der Waals surface area contributed by atoms with Crippen LogP contribution in [0.3, 0.4) is 0 Å². The van der Waals surface area contributed by atoms with Crippen molar-refractivity contribution in [3.05, 3.63) is 0 Å². The molecule has 0 spiro atoms. The van der Waals surface area contributed by atoms with Gasteiger partial charge in [-0.3, -0.25) is 4.79 Å². The summed E-state index contributed by atoms with van der Waals surface area (Å²) in [4.78, 5) is 12.9. The highest BCUT2D eigenvalue weighted by Gasteiger charge is 2.12. The van der Waals surface area contributed by atoms with E-state index in [1.165, 1.54) is 7.11 Å². The summed E-state index contributed by atoms with van der Waals surface area (Å²) >= 11 is 0. The summed E-state index contributed by atoms with van der Waals surface area (Å²) in [7, 11) is 5.41. The molecule has 0 saturated carbocycles. The summed E-state index contributed by atoms with van der Waals surface area (Å²) in [6.07, 6.45) is 0.861. The molecule has 3 nitrogen and oxygen atoms in total. The molecule has 0 heterocycles. The van der Waals surface area contributed by atoms with E-state index < -0.39 is 0 Å². The molecule has 0 N–H and O–H groups in total. The normalized spacial score (nSPS) is 13.2. The van der Waals surface area contributed by atoms with E-state index in [-0.39, 0.29) is 11.9 Å². The molecule has 11 heavy (non-hydrogen) atoms. The predicted octanol–water partition coefficient (Wildman–Crippen LogP) is 0.747. The van der Waals surface area contributed by atoms with Crippen molar-refractivity contribution >= 4 is 5.97 Å². The number of carbonyl (C=O) groups is 1.